The number of furan rings is 1. The van der Waals surface area contributed by atoms with Gasteiger partial charge in [-0.25, -0.2) is 0 Å². The number of hydrogen-bond acceptors (Lipinski definition) is 6. The number of nitrogens with zero attached hydrogens (tertiary/aromatic N) is 4. The van der Waals surface area contributed by atoms with Crippen LogP contribution in [-0.4, -0.2) is 76.2 Å². The maximum atomic E-state index is 9.60. The smallest absolute Gasteiger partial charge is 0.118 e. The van der Waals surface area contributed by atoms with Crippen molar-refractivity contribution in [3.63, 3.8) is 0 Å². The molecule has 4 heterocycles. The largest absolute Gasteiger partial charge is 0.465 e. The predicted octanol–water partition coefficient (Wildman–Crippen LogP) is 2.52. The number of aryl methyl sites for hydroxylation is 1. The number of aliphatic hydroxyl groups is 1. The first-order valence-corrected chi connectivity index (χ1v) is 11.0. The van der Waals surface area contributed by atoms with Gasteiger partial charge in [-0.1, -0.05) is 6.07 Å². The summed E-state index contributed by atoms with van der Waals surface area (Å²) in [6.07, 6.45) is 5.15. The van der Waals surface area contributed by atoms with Gasteiger partial charge >= 0.3 is 0 Å². The Morgan fingerprint density at radius 3 is 2.62 bits per heavy atom. The molecule has 6 heteroatoms. The minimum atomic E-state index is 0.245. The fourth-order valence-corrected chi connectivity index (χ4v) is 4.81. The lowest BCUT2D eigenvalue weighted by Gasteiger charge is -2.46. The topological polar surface area (TPSA) is 56.0 Å². The maximum absolute atomic E-state index is 9.60. The highest BCUT2D eigenvalue weighted by Crippen LogP contribution is 2.24. The molecule has 2 aliphatic heterocycles. The molecular weight excluding hydrogens is 364 g/mol. The molecule has 2 aromatic rings. The third-order valence-electron chi connectivity index (χ3n) is 6.44. The van der Waals surface area contributed by atoms with Crippen molar-refractivity contribution in [1.82, 2.24) is 19.7 Å². The van der Waals surface area contributed by atoms with Crippen LogP contribution in [0.15, 0.2) is 40.9 Å². The Kier molecular flexibility index (Phi) is 6.98. The quantitative estimate of drug-likeness (QED) is 0.774. The molecule has 1 atom stereocenters. The molecule has 158 valence electrons. The van der Waals surface area contributed by atoms with Crippen molar-refractivity contribution in [3.8, 4) is 0 Å². The Hall–Kier alpha value is -1.73. The van der Waals surface area contributed by atoms with Gasteiger partial charge in [-0.15, -0.1) is 0 Å². The predicted molar refractivity (Wildman–Crippen MR) is 113 cm³/mol. The van der Waals surface area contributed by atoms with Crippen LogP contribution >= 0.6 is 0 Å². The molecule has 6 nitrogen and oxygen atoms in total. The zero-order chi connectivity index (χ0) is 20.1. The summed E-state index contributed by atoms with van der Waals surface area (Å²) in [5, 5.41) is 9.60. The Labute approximate surface area is 174 Å². The van der Waals surface area contributed by atoms with Gasteiger partial charge in [0.1, 0.15) is 11.5 Å². The van der Waals surface area contributed by atoms with Gasteiger partial charge in [0.2, 0.25) is 0 Å². The van der Waals surface area contributed by atoms with Gasteiger partial charge < -0.3 is 9.52 Å². The molecule has 0 aromatic carbocycles. The summed E-state index contributed by atoms with van der Waals surface area (Å²) in [6, 6.07) is 11.3. The molecule has 2 aliphatic rings. The van der Waals surface area contributed by atoms with E-state index in [-0.39, 0.29) is 6.61 Å². The van der Waals surface area contributed by atoms with Gasteiger partial charge in [-0.3, -0.25) is 19.7 Å². The van der Waals surface area contributed by atoms with Gasteiger partial charge in [-0.2, -0.15) is 0 Å². The summed E-state index contributed by atoms with van der Waals surface area (Å²) in [5.41, 5.74) is 1.16. The first kappa shape index (κ1) is 20.5. The van der Waals surface area contributed by atoms with Gasteiger partial charge in [0, 0.05) is 64.2 Å². The molecule has 0 bridgehead atoms. The zero-order valence-electron chi connectivity index (χ0n) is 17.5. The summed E-state index contributed by atoms with van der Waals surface area (Å²) >= 11 is 0. The molecule has 1 unspecified atom stereocenters. The zero-order valence-corrected chi connectivity index (χ0v) is 17.5. The van der Waals surface area contributed by atoms with Crippen LogP contribution in [0.3, 0.4) is 0 Å². The minimum absolute atomic E-state index is 0.245. The van der Waals surface area contributed by atoms with Crippen molar-refractivity contribution in [2.45, 2.75) is 51.4 Å². The molecule has 0 amide bonds. The van der Waals surface area contributed by atoms with Gasteiger partial charge in [0.25, 0.3) is 0 Å². The first-order chi connectivity index (χ1) is 14.2. The van der Waals surface area contributed by atoms with Crippen LogP contribution in [0, 0.1) is 6.92 Å². The molecule has 2 aromatic heterocycles. The van der Waals surface area contributed by atoms with E-state index >= 15 is 0 Å². The second-order valence-electron chi connectivity index (χ2n) is 8.47. The highest BCUT2D eigenvalue weighted by atomic mass is 16.3. The molecule has 0 saturated carbocycles. The van der Waals surface area contributed by atoms with Crippen molar-refractivity contribution in [1.29, 1.82) is 0 Å². The maximum Gasteiger partial charge on any atom is 0.118 e. The van der Waals surface area contributed by atoms with Gasteiger partial charge in [-0.05, 0) is 50.5 Å². The van der Waals surface area contributed by atoms with E-state index in [2.05, 4.69) is 37.9 Å². The number of piperazine rings is 1. The van der Waals surface area contributed by atoms with Crippen molar-refractivity contribution in [2.24, 2.45) is 0 Å². The molecule has 0 aliphatic carbocycles. The van der Waals surface area contributed by atoms with E-state index in [1.807, 2.05) is 25.3 Å². The first-order valence-electron chi connectivity index (χ1n) is 11.0. The summed E-state index contributed by atoms with van der Waals surface area (Å²) in [4.78, 5) is 12.2. The number of aromatic nitrogens is 1. The standard InChI is InChI=1S/C23H34N4O2/c1-19-5-6-23(29-19)18-27-14-13-26(17-22(27)9-15-28)21-7-11-25(12-8-21)16-20-4-2-3-10-24-20/h2-6,10,21-22,28H,7-9,11-18H2,1H3. The van der Waals surface area contributed by atoms with E-state index in [9.17, 15) is 5.11 Å². The van der Waals surface area contributed by atoms with Crippen molar-refractivity contribution in [3.05, 3.63) is 53.7 Å². The minimum Gasteiger partial charge on any atom is -0.465 e. The number of rotatable bonds is 7. The van der Waals surface area contributed by atoms with Gasteiger partial charge in [0.05, 0.1) is 12.2 Å². The molecule has 2 fully saturated rings. The van der Waals surface area contributed by atoms with E-state index in [0.29, 0.717) is 12.1 Å². The molecule has 1 N–H and O–H groups in total. The Morgan fingerprint density at radius 1 is 1.07 bits per heavy atom. The summed E-state index contributed by atoms with van der Waals surface area (Å²) < 4.78 is 5.79. The highest BCUT2D eigenvalue weighted by molar-refractivity contribution is 5.06. The monoisotopic (exact) mass is 398 g/mol. The van der Waals surface area contributed by atoms with Crippen LogP contribution in [0.2, 0.25) is 0 Å². The Balaban J connectivity index is 1.28. The summed E-state index contributed by atoms with van der Waals surface area (Å²) in [7, 11) is 0. The van der Waals surface area contributed by atoms with E-state index in [0.717, 1.165) is 69.4 Å². The normalized spacial score (nSPS) is 22.9. The molecule has 2 saturated heterocycles. The molecule has 4 rings (SSSR count). The van der Waals surface area contributed by atoms with Crippen LogP contribution in [-0.2, 0) is 13.1 Å². The fraction of sp³-hybridized carbons (Fsp3) is 0.609. The van der Waals surface area contributed by atoms with Crippen LogP contribution in [0.1, 0.15) is 36.5 Å². The number of hydrogen-bond donors (Lipinski definition) is 1. The summed E-state index contributed by atoms with van der Waals surface area (Å²) in [5.74, 6) is 2.00. The Bertz CT molecular complexity index is 742. The molecule has 0 spiro atoms. The third-order valence-corrected chi connectivity index (χ3v) is 6.44. The van der Waals surface area contributed by atoms with Crippen LogP contribution < -0.4 is 0 Å². The number of likely N-dealkylation sites (tertiary alicyclic amines) is 1. The third kappa shape index (κ3) is 5.45. The van der Waals surface area contributed by atoms with Crippen molar-refractivity contribution in [2.75, 3.05) is 39.3 Å². The lowest BCUT2D eigenvalue weighted by Crippen LogP contribution is -2.57. The Morgan fingerprint density at radius 2 is 1.93 bits per heavy atom. The summed E-state index contributed by atoms with van der Waals surface area (Å²) in [6.45, 7) is 9.50. The number of pyridine rings is 1. The average Bonchev–Trinajstić information content (AvgIpc) is 3.15. The van der Waals surface area contributed by atoms with Crippen molar-refractivity contribution < 1.29 is 9.52 Å². The number of piperidine rings is 1. The molecule has 29 heavy (non-hydrogen) atoms. The highest BCUT2D eigenvalue weighted by Gasteiger charge is 2.32. The average molecular weight is 399 g/mol. The number of aliphatic hydroxyl groups excluding tert-OH is 1. The molecule has 0 radical (unpaired) electrons. The second-order valence-corrected chi connectivity index (χ2v) is 8.47. The van der Waals surface area contributed by atoms with E-state index in [1.165, 1.54) is 12.8 Å². The van der Waals surface area contributed by atoms with Gasteiger partial charge in [0.15, 0.2) is 0 Å². The van der Waals surface area contributed by atoms with Crippen LogP contribution in [0.5, 0.6) is 0 Å². The molecular formula is C23H34N4O2. The van der Waals surface area contributed by atoms with Crippen LogP contribution in [0.25, 0.3) is 0 Å². The van der Waals surface area contributed by atoms with E-state index in [1.54, 1.807) is 0 Å². The van der Waals surface area contributed by atoms with E-state index in [4.69, 9.17) is 4.42 Å². The van der Waals surface area contributed by atoms with Crippen molar-refractivity contribution >= 4 is 0 Å². The SMILES string of the molecule is Cc1ccc(CN2CCN(C3CCN(Cc4ccccn4)CC3)CC2CCO)o1. The van der Waals surface area contributed by atoms with E-state index < -0.39 is 0 Å². The van der Waals surface area contributed by atoms with Crippen LogP contribution in [0.4, 0.5) is 0 Å². The fourth-order valence-electron chi connectivity index (χ4n) is 4.81. The lowest BCUT2D eigenvalue weighted by molar-refractivity contribution is 0.00950. The second kappa shape index (κ2) is 9.85. The lowest BCUT2D eigenvalue weighted by atomic mass is 9.99.